The fourth-order valence-corrected chi connectivity index (χ4v) is 1.72. The molecule has 0 fully saturated rings. The van der Waals surface area contributed by atoms with Crippen LogP contribution in [0, 0.1) is 6.92 Å². The Hall–Kier alpha value is -2.82. The van der Waals surface area contributed by atoms with Crippen molar-refractivity contribution in [3.8, 4) is 5.75 Å². The van der Waals surface area contributed by atoms with E-state index >= 15 is 0 Å². The Bertz CT molecular complexity index is 638. The molecule has 0 unspecified atom stereocenters. The Labute approximate surface area is 115 Å². The highest BCUT2D eigenvalue weighted by Gasteiger charge is 2.09. The molecule has 0 aliphatic carbocycles. The topological polar surface area (TPSA) is 75.6 Å². The first-order chi connectivity index (χ1) is 9.56. The average Bonchev–Trinajstić information content (AvgIpc) is 2.39. The molecule has 0 atom stereocenters. The molecule has 0 saturated carbocycles. The lowest BCUT2D eigenvalue weighted by Gasteiger charge is -2.08. The number of carboxylic acid groups (broad SMARTS) is 1. The normalized spacial score (nSPS) is 9.85. The Morgan fingerprint density at radius 3 is 2.40 bits per heavy atom. The third-order valence-electron chi connectivity index (χ3n) is 2.66. The fourth-order valence-electron chi connectivity index (χ4n) is 1.72. The molecule has 5 nitrogen and oxygen atoms in total. The van der Waals surface area contributed by atoms with Gasteiger partial charge < -0.3 is 9.84 Å². The largest absolute Gasteiger partial charge is 0.478 e. The van der Waals surface area contributed by atoms with Crippen LogP contribution in [0.2, 0.25) is 0 Å². The van der Waals surface area contributed by atoms with Gasteiger partial charge in [-0.15, -0.1) is 0 Å². The summed E-state index contributed by atoms with van der Waals surface area (Å²) in [6.07, 6.45) is -0.626. The number of ether oxygens (including phenoxy) is 1. The molecule has 0 aromatic heterocycles. The van der Waals surface area contributed by atoms with Crippen molar-refractivity contribution in [1.29, 1.82) is 0 Å². The first-order valence-electron chi connectivity index (χ1n) is 5.94. The number of nitrogens with one attached hydrogen (secondary N) is 1. The number of carbonyl (C=O) groups is 2. The third-order valence-corrected chi connectivity index (χ3v) is 2.66. The molecule has 2 aromatic carbocycles. The quantitative estimate of drug-likeness (QED) is 0.898. The van der Waals surface area contributed by atoms with E-state index in [0.29, 0.717) is 17.0 Å². The maximum Gasteiger partial charge on any atom is 0.417 e. The minimum absolute atomic E-state index is 0.201. The number of amides is 1. The molecule has 0 bridgehead atoms. The summed E-state index contributed by atoms with van der Waals surface area (Å²) in [6, 6.07) is 13.2. The van der Waals surface area contributed by atoms with Gasteiger partial charge >= 0.3 is 12.1 Å². The van der Waals surface area contributed by atoms with Gasteiger partial charge in [0.15, 0.2) is 0 Å². The molecule has 102 valence electrons. The maximum atomic E-state index is 11.7. The van der Waals surface area contributed by atoms with Crippen LogP contribution in [-0.4, -0.2) is 17.2 Å². The molecule has 1 amide bonds. The molecule has 0 radical (unpaired) electrons. The van der Waals surface area contributed by atoms with E-state index in [1.807, 2.05) is 6.07 Å². The molecule has 0 spiro atoms. The predicted molar refractivity (Wildman–Crippen MR) is 74.2 cm³/mol. The van der Waals surface area contributed by atoms with Crippen molar-refractivity contribution in [3.63, 3.8) is 0 Å². The number of rotatable bonds is 3. The first kappa shape index (κ1) is 13.6. The molecule has 2 aromatic rings. The molecular weight excluding hydrogens is 258 g/mol. The lowest BCUT2D eigenvalue weighted by molar-refractivity contribution is 0.0696. The van der Waals surface area contributed by atoms with Crippen molar-refractivity contribution in [2.45, 2.75) is 6.92 Å². The summed E-state index contributed by atoms with van der Waals surface area (Å²) in [5, 5.41) is 11.5. The van der Waals surface area contributed by atoms with Crippen LogP contribution in [0.1, 0.15) is 15.9 Å². The van der Waals surface area contributed by atoms with Crippen LogP contribution in [-0.2, 0) is 0 Å². The van der Waals surface area contributed by atoms with Gasteiger partial charge in [-0.1, -0.05) is 18.2 Å². The molecule has 0 saturated heterocycles. The Morgan fingerprint density at radius 1 is 1.10 bits per heavy atom. The summed E-state index contributed by atoms with van der Waals surface area (Å²) in [6.45, 7) is 1.66. The van der Waals surface area contributed by atoms with Crippen molar-refractivity contribution in [1.82, 2.24) is 0 Å². The van der Waals surface area contributed by atoms with Gasteiger partial charge in [-0.05, 0) is 42.8 Å². The summed E-state index contributed by atoms with van der Waals surface area (Å²) >= 11 is 0. The average molecular weight is 271 g/mol. The second-order valence-electron chi connectivity index (χ2n) is 4.16. The molecule has 0 heterocycles. The Morgan fingerprint density at radius 2 is 1.80 bits per heavy atom. The zero-order chi connectivity index (χ0) is 14.5. The number of carboxylic acids is 1. The number of benzene rings is 2. The highest BCUT2D eigenvalue weighted by atomic mass is 16.6. The number of hydrogen-bond acceptors (Lipinski definition) is 3. The van der Waals surface area contributed by atoms with Crippen molar-refractivity contribution in [2.24, 2.45) is 0 Å². The van der Waals surface area contributed by atoms with E-state index in [4.69, 9.17) is 9.84 Å². The van der Waals surface area contributed by atoms with Crippen molar-refractivity contribution in [3.05, 3.63) is 59.7 Å². The number of hydrogen-bond donors (Lipinski definition) is 2. The van der Waals surface area contributed by atoms with Crippen LogP contribution in [0.4, 0.5) is 10.5 Å². The van der Waals surface area contributed by atoms with E-state index in [2.05, 4.69) is 5.32 Å². The summed E-state index contributed by atoms with van der Waals surface area (Å²) in [4.78, 5) is 22.5. The summed E-state index contributed by atoms with van der Waals surface area (Å²) in [7, 11) is 0. The summed E-state index contributed by atoms with van der Waals surface area (Å²) in [5.74, 6) is -0.565. The maximum absolute atomic E-state index is 11.7. The highest BCUT2D eigenvalue weighted by Crippen LogP contribution is 2.16. The van der Waals surface area contributed by atoms with Crippen LogP contribution in [0.5, 0.6) is 5.75 Å². The second-order valence-corrected chi connectivity index (χ2v) is 4.16. The van der Waals surface area contributed by atoms with Crippen LogP contribution >= 0.6 is 0 Å². The monoisotopic (exact) mass is 271 g/mol. The number of anilines is 1. The first-order valence-corrected chi connectivity index (χ1v) is 5.94. The van der Waals surface area contributed by atoms with Gasteiger partial charge in [0.2, 0.25) is 0 Å². The van der Waals surface area contributed by atoms with Gasteiger partial charge in [-0.2, -0.15) is 0 Å². The predicted octanol–water partition coefficient (Wildman–Crippen LogP) is 3.30. The van der Waals surface area contributed by atoms with Crippen LogP contribution in [0.25, 0.3) is 0 Å². The van der Waals surface area contributed by atoms with E-state index in [0.717, 1.165) is 0 Å². The Balaban J connectivity index is 2.05. The van der Waals surface area contributed by atoms with E-state index in [1.54, 1.807) is 37.3 Å². The smallest absolute Gasteiger partial charge is 0.417 e. The second kappa shape index (κ2) is 5.88. The third kappa shape index (κ3) is 3.35. The van der Waals surface area contributed by atoms with Gasteiger partial charge in [0, 0.05) is 5.69 Å². The highest BCUT2D eigenvalue weighted by molar-refractivity contribution is 5.91. The van der Waals surface area contributed by atoms with Crippen molar-refractivity contribution in [2.75, 3.05) is 5.32 Å². The van der Waals surface area contributed by atoms with E-state index in [1.165, 1.54) is 12.1 Å². The van der Waals surface area contributed by atoms with Gasteiger partial charge in [-0.3, -0.25) is 5.32 Å². The molecule has 0 aliphatic rings. The Kier molecular flexibility index (Phi) is 4.00. The lowest BCUT2D eigenvalue weighted by Crippen LogP contribution is -2.17. The van der Waals surface area contributed by atoms with E-state index < -0.39 is 12.1 Å². The molecule has 0 aliphatic heterocycles. The van der Waals surface area contributed by atoms with Crippen LogP contribution in [0.15, 0.2) is 48.5 Å². The van der Waals surface area contributed by atoms with E-state index in [-0.39, 0.29) is 5.56 Å². The van der Waals surface area contributed by atoms with Crippen molar-refractivity contribution < 1.29 is 19.4 Å². The molecule has 20 heavy (non-hydrogen) atoms. The van der Waals surface area contributed by atoms with Gasteiger partial charge in [0.25, 0.3) is 0 Å². The number of aryl methyl sites for hydroxylation is 1. The molecule has 2 N–H and O–H groups in total. The van der Waals surface area contributed by atoms with Gasteiger partial charge in [0.1, 0.15) is 5.75 Å². The zero-order valence-electron chi connectivity index (χ0n) is 10.8. The summed E-state index contributed by atoms with van der Waals surface area (Å²) in [5.41, 5.74) is 1.25. The van der Waals surface area contributed by atoms with E-state index in [9.17, 15) is 9.59 Å². The fraction of sp³-hybridized carbons (Fsp3) is 0.0667. The number of carbonyl (C=O) groups excluding carboxylic acids is 1. The SMILES string of the molecule is Cc1cc(NC(=O)Oc2ccccc2)ccc1C(=O)O. The van der Waals surface area contributed by atoms with Gasteiger partial charge in [0.05, 0.1) is 5.56 Å². The standard InChI is InChI=1S/C15H13NO4/c1-10-9-11(7-8-13(10)14(17)18)16-15(19)20-12-5-3-2-4-6-12/h2-9H,1H3,(H,16,19)(H,17,18). The number of aromatic carboxylic acids is 1. The van der Waals surface area contributed by atoms with Crippen molar-refractivity contribution >= 4 is 17.7 Å². The number of para-hydroxylation sites is 1. The van der Waals surface area contributed by atoms with Gasteiger partial charge in [-0.25, -0.2) is 9.59 Å². The zero-order valence-corrected chi connectivity index (χ0v) is 10.8. The minimum Gasteiger partial charge on any atom is -0.478 e. The summed E-state index contributed by atoms with van der Waals surface area (Å²) < 4.78 is 5.07. The van der Waals surface area contributed by atoms with Crippen LogP contribution < -0.4 is 10.1 Å². The minimum atomic E-state index is -0.999. The molecule has 5 heteroatoms. The lowest BCUT2D eigenvalue weighted by atomic mass is 10.1. The molecular formula is C15H13NO4. The molecule has 2 rings (SSSR count). The van der Waals surface area contributed by atoms with Crippen LogP contribution in [0.3, 0.4) is 0 Å².